The lowest BCUT2D eigenvalue weighted by Gasteiger charge is -2.27. The number of hydrogen-bond donors (Lipinski definition) is 2. The number of rotatable bonds is 3. The number of carboxylic acids is 1. The van der Waals surface area contributed by atoms with Gasteiger partial charge in [-0.1, -0.05) is 30.9 Å². The van der Waals surface area contributed by atoms with E-state index in [4.69, 9.17) is 4.74 Å². The van der Waals surface area contributed by atoms with Gasteiger partial charge in [0.15, 0.2) is 0 Å². The Balaban J connectivity index is 1.69. The maximum atomic E-state index is 12.5. The molecule has 2 amide bonds. The first kappa shape index (κ1) is 17.8. The second-order valence-corrected chi connectivity index (χ2v) is 6.73. The first-order valence-corrected chi connectivity index (χ1v) is 8.19. The lowest BCUT2D eigenvalue weighted by Crippen LogP contribution is -2.50. The minimum Gasteiger partial charge on any atom is -0.480 e. The molecule has 0 radical (unpaired) electrons. The van der Waals surface area contributed by atoms with Gasteiger partial charge in [0.25, 0.3) is 0 Å². The largest absolute Gasteiger partial charge is 0.480 e. The highest BCUT2D eigenvalue weighted by atomic mass is 16.6. The molecule has 0 unspecified atom stereocenters. The topological polar surface area (TPSA) is 107 Å². The Hall–Kier alpha value is -3.03. The molecule has 2 N–H and O–H groups in total. The third kappa shape index (κ3) is 2.87. The number of benzene rings is 1. The fraction of sp³-hybridized carbons (Fsp3) is 0.389. The monoisotopic (exact) mass is 360 g/mol. The van der Waals surface area contributed by atoms with Crippen LogP contribution in [0.15, 0.2) is 24.8 Å². The standard InChI is InChI=1S/C18H20N2O6/c1-3-11-5-4-6-12-8-19(10-14(11)12)17(25)26-13-7-18(2,15(21)22)20(9-13)16(23)24/h3-6,13H,1,7-10H2,2H3,(H,21,22)(H,23,24)/t13-,18+/m1/s1. The highest BCUT2D eigenvalue weighted by Gasteiger charge is 2.52. The molecular weight excluding hydrogens is 340 g/mol. The van der Waals surface area contributed by atoms with E-state index in [-0.39, 0.29) is 13.0 Å². The Morgan fingerprint density at radius 2 is 2.04 bits per heavy atom. The lowest BCUT2D eigenvalue weighted by molar-refractivity contribution is -0.147. The van der Waals surface area contributed by atoms with Crippen LogP contribution in [0.4, 0.5) is 9.59 Å². The van der Waals surface area contributed by atoms with Crippen LogP contribution in [0.2, 0.25) is 0 Å². The summed E-state index contributed by atoms with van der Waals surface area (Å²) in [5, 5.41) is 18.6. The van der Waals surface area contributed by atoms with E-state index in [0.717, 1.165) is 21.6 Å². The van der Waals surface area contributed by atoms with Crippen molar-refractivity contribution < 1.29 is 29.3 Å². The van der Waals surface area contributed by atoms with Crippen molar-refractivity contribution in [1.82, 2.24) is 9.80 Å². The number of nitrogens with zero attached hydrogens (tertiary/aromatic N) is 2. The van der Waals surface area contributed by atoms with Crippen LogP contribution in [0.25, 0.3) is 6.08 Å². The zero-order chi connectivity index (χ0) is 19.1. The normalized spacial score (nSPS) is 24.3. The van der Waals surface area contributed by atoms with Crippen LogP contribution in [0.5, 0.6) is 0 Å². The van der Waals surface area contributed by atoms with Crippen LogP contribution >= 0.6 is 0 Å². The van der Waals surface area contributed by atoms with E-state index in [1.54, 1.807) is 6.08 Å². The molecule has 0 saturated carbocycles. The number of carbonyl (C=O) groups is 3. The van der Waals surface area contributed by atoms with Gasteiger partial charge in [-0.3, -0.25) is 9.80 Å². The fourth-order valence-electron chi connectivity index (χ4n) is 3.58. The summed E-state index contributed by atoms with van der Waals surface area (Å²) in [7, 11) is 0. The molecule has 3 rings (SSSR count). The molecule has 2 aliphatic heterocycles. The summed E-state index contributed by atoms with van der Waals surface area (Å²) in [6, 6.07) is 5.74. The zero-order valence-electron chi connectivity index (χ0n) is 14.3. The van der Waals surface area contributed by atoms with Gasteiger partial charge < -0.3 is 14.9 Å². The number of amides is 2. The molecule has 138 valence electrons. The van der Waals surface area contributed by atoms with Crippen molar-refractivity contribution in [3.63, 3.8) is 0 Å². The SMILES string of the molecule is C=Cc1cccc2c1CN(C(=O)O[C@H]1CN(C(=O)O)[C@](C)(C(=O)O)C1)C2. The molecule has 2 atom stereocenters. The third-order valence-electron chi connectivity index (χ3n) is 5.06. The molecule has 2 heterocycles. The summed E-state index contributed by atoms with van der Waals surface area (Å²) in [6.07, 6.45) is -1.09. The number of likely N-dealkylation sites (tertiary alicyclic amines) is 1. The Labute approximate surface area is 150 Å². The predicted octanol–water partition coefficient (Wildman–Crippen LogP) is 2.38. The van der Waals surface area contributed by atoms with Gasteiger partial charge in [-0.2, -0.15) is 0 Å². The van der Waals surface area contributed by atoms with E-state index in [0.29, 0.717) is 13.1 Å². The van der Waals surface area contributed by atoms with Gasteiger partial charge in [-0.05, 0) is 23.6 Å². The van der Waals surface area contributed by atoms with Crippen LogP contribution in [0.3, 0.4) is 0 Å². The molecule has 1 fully saturated rings. The zero-order valence-corrected chi connectivity index (χ0v) is 14.3. The quantitative estimate of drug-likeness (QED) is 0.857. The molecule has 1 saturated heterocycles. The van der Waals surface area contributed by atoms with Crippen molar-refractivity contribution in [1.29, 1.82) is 0 Å². The van der Waals surface area contributed by atoms with Gasteiger partial charge in [0.05, 0.1) is 13.1 Å². The maximum absolute atomic E-state index is 12.5. The van der Waals surface area contributed by atoms with Gasteiger partial charge in [-0.25, -0.2) is 14.4 Å². The van der Waals surface area contributed by atoms with Gasteiger partial charge in [-0.15, -0.1) is 0 Å². The average molecular weight is 360 g/mol. The number of carboxylic acid groups (broad SMARTS) is 2. The summed E-state index contributed by atoms with van der Waals surface area (Å²) in [5.74, 6) is -1.26. The van der Waals surface area contributed by atoms with Crippen LogP contribution in [-0.2, 0) is 22.6 Å². The van der Waals surface area contributed by atoms with Crippen LogP contribution < -0.4 is 0 Å². The molecule has 0 spiro atoms. The lowest BCUT2D eigenvalue weighted by atomic mass is 9.99. The van der Waals surface area contributed by atoms with Crippen molar-refractivity contribution in [3.05, 3.63) is 41.5 Å². The van der Waals surface area contributed by atoms with E-state index >= 15 is 0 Å². The van der Waals surface area contributed by atoms with Gasteiger partial charge in [0.1, 0.15) is 11.6 Å². The molecule has 8 heteroatoms. The summed E-state index contributed by atoms with van der Waals surface area (Å²) in [6.45, 7) is 5.69. The van der Waals surface area contributed by atoms with Crippen LogP contribution in [0.1, 0.15) is 30.0 Å². The average Bonchev–Trinajstić information content (AvgIpc) is 3.16. The van der Waals surface area contributed by atoms with Crippen LogP contribution in [0, 0.1) is 0 Å². The Kier molecular flexibility index (Phi) is 4.35. The second-order valence-electron chi connectivity index (χ2n) is 6.73. The van der Waals surface area contributed by atoms with E-state index in [1.165, 1.54) is 11.8 Å². The fourth-order valence-corrected chi connectivity index (χ4v) is 3.58. The van der Waals surface area contributed by atoms with Gasteiger partial charge in [0.2, 0.25) is 0 Å². The molecule has 1 aromatic rings. The molecule has 1 aromatic carbocycles. The molecular formula is C18H20N2O6. The van der Waals surface area contributed by atoms with Crippen molar-refractivity contribution in [3.8, 4) is 0 Å². The number of ether oxygens (including phenoxy) is 1. The molecule has 2 aliphatic rings. The highest BCUT2D eigenvalue weighted by molar-refractivity contribution is 5.84. The molecule has 8 nitrogen and oxygen atoms in total. The first-order valence-electron chi connectivity index (χ1n) is 8.19. The predicted molar refractivity (Wildman–Crippen MR) is 91.4 cm³/mol. The second kappa shape index (κ2) is 6.36. The molecule has 0 aromatic heterocycles. The van der Waals surface area contributed by atoms with Gasteiger partial charge >= 0.3 is 18.2 Å². The van der Waals surface area contributed by atoms with Crippen LogP contribution in [-0.4, -0.2) is 56.4 Å². The van der Waals surface area contributed by atoms with Crippen molar-refractivity contribution in [2.24, 2.45) is 0 Å². The number of carbonyl (C=O) groups excluding carboxylic acids is 1. The highest BCUT2D eigenvalue weighted by Crippen LogP contribution is 2.33. The number of hydrogen-bond acceptors (Lipinski definition) is 4. The molecule has 0 aliphatic carbocycles. The van der Waals surface area contributed by atoms with Crippen molar-refractivity contribution in [2.75, 3.05) is 6.54 Å². The van der Waals surface area contributed by atoms with E-state index in [2.05, 4.69) is 6.58 Å². The summed E-state index contributed by atoms with van der Waals surface area (Å²) >= 11 is 0. The minimum absolute atomic E-state index is 0.0843. The maximum Gasteiger partial charge on any atom is 0.410 e. The molecule has 26 heavy (non-hydrogen) atoms. The van der Waals surface area contributed by atoms with Crippen molar-refractivity contribution >= 4 is 24.2 Å². The van der Waals surface area contributed by atoms with Crippen molar-refractivity contribution in [2.45, 2.75) is 38.1 Å². The Morgan fingerprint density at radius 1 is 1.31 bits per heavy atom. The summed E-state index contributed by atoms with van der Waals surface area (Å²) in [4.78, 5) is 37.6. The Bertz CT molecular complexity index is 792. The third-order valence-corrected chi connectivity index (χ3v) is 5.06. The van der Waals surface area contributed by atoms with E-state index in [1.807, 2.05) is 18.2 Å². The minimum atomic E-state index is -1.61. The Morgan fingerprint density at radius 3 is 2.62 bits per heavy atom. The van der Waals surface area contributed by atoms with Gasteiger partial charge in [0, 0.05) is 13.0 Å². The molecule has 0 bridgehead atoms. The van der Waals surface area contributed by atoms with E-state index in [9.17, 15) is 24.6 Å². The summed E-state index contributed by atoms with van der Waals surface area (Å²) < 4.78 is 5.42. The smallest absolute Gasteiger partial charge is 0.410 e. The number of fused-ring (bicyclic) bond motifs is 1. The summed E-state index contributed by atoms with van der Waals surface area (Å²) in [5.41, 5.74) is 1.36. The first-order chi connectivity index (χ1) is 12.3. The van der Waals surface area contributed by atoms with E-state index < -0.39 is 29.8 Å². The number of aliphatic carboxylic acids is 1.